The Morgan fingerprint density at radius 1 is 1.35 bits per heavy atom. The molecule has 1 unspecified atom stereocenters. The van der Waals surface area contributed by atoms with Gasteiger partial charge in [0.1, 0.15) is 5.82 Å². The average molecular weight is 399 g/mol. The quantitative estimate of drug-likeness (QED) is 0.540. The summed E-state index contributed by atoms with van der Waals surface area (Å²) in [5, 5.41) is -0.472. The van der Waals surface area contributed by atoms with Gasteiger partial charge in [0.25, 0.3) is 0 Å². The molecule has 1 atom stereocenters. The van der Waals surface area contributed by atoms with Crippen LogP contribution >= 0.6 is 54.8 Å². The fourth-order valence-corrected chi connectivity index (χ4v) is 4.18. The van der Waals surface area contributed by atoms with Crippen molar-refractivity contribution in [3.05, 3.63) is 54.3 Å². The average Bonchev–Trinajstić information content (AvgIpc) is 2.59. The standard InChI is InChI=1S/C12H8Br2ClFS/c1-6-5-9(17-12(6)14)11(15)10-7(13)3-2-4-8(10)16/h2-5,11H,1H3. The molecule has 0 radical (unpaired) electrons. The van der Waals surface area contributed by atoms with E-state index in [2.05, 4.69) is 31.9 Å². The van der Waals surface area contributed by atoms with Crippen LogP contribution in [0.4, 0.5) is 4.39 Å². The molecule has 0 aliphatic rings. The van der Waals surface area contributed by atoms with Crippen molar-refractivity contribution in [3.8, 4) is 0 Å². The first kappa shape index (κ1) is 13.5. The van der Waals surface area contributed by atoms with E-state index < -0.39 is 5.38 Å². The second-order valence-electron chi connectivity index (χ2n) is 3.60. The smallest absolute Gasteiger partial charge is 0.129 e. The van der Waals surface area contributed by atoms with Crippen molar-refractivity contribution >= 4 is 54.8 Å². The Bertz CT molecular complexity index is 514. The molecule has 1 aromatic carbocycles. The molecule has 0 bridgehead atoms. The summed E-state index contributed by atoms with van der Waals surface area (Å²) in [6.07, 6.45) is 0. The molecule has 0 nitrogen and oxygen atoms in total. The first-order valence-corrected chi connectivity index (χ1v) is 7.68. The molecule has 0 spiro atoms. The zero-order valence-electron chi connectivity index (χ0n) is 8.81. The molecule has 0 N–H and O–H groups in total. The van der Waals surface area contributed by atoms with Gasteiger partial charge in [-0.25, -0.2) is 4.39 Å². The zero-order chi connectivity index (χ0) is 12.6. The van der Waals surface area contributed by atoms with Crippen molar-refractivity contribution in [2.45, 2.75) is 12.3 Å². The van der Waals surface area contributed by atoms with E-state index in [0.717, 1.165) is 14.2 Å². The summed E-state index contributed by atoms with van der Waals surface area (Å²) in [4.78, 5) is 0.932. The molecular weight excluding hydrogens is 390 g/mol. The van der Waals surface area contributed by atoms with Gasteiger partial charge in [0.2, 0.25) is 0 Å². The third-order valence-electron chi connectivity index (χ3n) is 2.38. The molecule has 2 aromatic rings. The minimum absolute atomic E-state index is 0.290. The zero-order valence-corrected chi connectivity index (χ0v) is 13.6. The van der Waals surface area contributed by atoms with Crippen LogP contribution in [0.25, 0.3) is 0 Å². The maximum absolute atomic E-state index is 13.8. The van der Waals surface area contributed by atoms with E-state index in [1.807, 2.05) is 13.0 Å². The van der Waals surface area contributed by atoms with Gasteiger partial charge in [0.05, 0.1) is 9.16 Å². The summed E-state index contributed by atoms with van der Waals surface area (Å²) in [7, 11) is 0. The van der Waals surface area contributed by atoms with Gasteiger partial charge in [-0.05, 0) is 46.6 Å². The number of hydrogen-bond donors (Lipinski definition) is 0. The van der Waals surface area contributed by atoms with Crippen LogP contribution in [0, 0.1) is 12.7 Å². The molecule has 0 saturated heterocycles. The summed E-state index contributed by atoms with van der Waals surface area (Å²) in [5.41, 5.74) is 1.60. The van der Waals surface area contributed by atoms with Gasteiger partial charge in [0.15, 0.2) is 0 Å². The number of benzene rings is 1. The van der Waals surface area contributed by atoms with Crippen LogP contribution in [0.15, 0.2) is 32.5 Å². The van der Waals surface area contributed by atoms with Crippen LogP contribution in [0.3, 0.4) is 0 Å². The molecule has 1 heterocycles. The van der Waals surface area contributed by atoms with E-state index in [1.165, 1.54) is 17.4 Å². The monoisotopic (exact) mass is 396 g/mol. The SMILES string of the molecule is Cc1cc(C(Cl)c2c(F)cccc2Br)sc1Br. The third-order valence-corrected chi connectivity index (χ3v) is 5.85. The van der Waals surface area contributed by atoms with Crippen LogP contribution in [-0.2, 0) is 0 Å². The van der Waals surface area contributed by atoms with Gasteiger partial charge >= 0.3 is 0 Å². The minimum Gasteiger partial charge on any atom is -0.207 e. The molecule has 2 rings (SSSR count). The highest BCUT2D eigenvalue weighted by Crippen LogP contribution is 2.41. The normalized spacial score (nSPS) is 12.8. The van der Waals surface area contributed by atoms with Crippen LogP contribution in [0.5, 0.6) is 0 Å². The van der Waals surface area contributed by atoms with Crippen molar-refractivity contribution in [3.63, 3.8) is 0 Å². The number of hydrogen-bond acceptors (Lipinski definition) is 1. The Balaban J connectivity index is 2.47. The molecule has 1 aromatic heterocycles. The number of halogens is 4. The van der Waals surface area contributed by atoms with Crippen molar-refractivity contribution < 1.29 is 4.39 Å². The van der Waals surface area contributed by atoms with E-state index in [9.17, 15) is 4.39 Å². The predicted molar refractivity (Wildman–Crippen MR) is 78.6 cm³/mol. The predicted octanol–water partition coefficient (Wildman–Crippen LogP) is 6.05. The second-order valence-corrected chi connectivity index (χ2v) is 7.30. The highest BCUT2D eigenvalue weighted by molar-refractivity contribution is 9.11. The lowest BCUT2D eigenvalue weighted by atomic mass is 10.1. The van der Waals surface area contributed by atoms with E-state index in [1.54, 1.807) is 12.1 Å². The fraction of sp³-hybridized carbons (Fsp3) is 0.167. The molecule has 5 heteroatoms. The third kappa shape index (κ3) is 2.75. The Morgan fingerprint density at radius 3 is 2.59 bits per heavy atom. The summed E-state index contributed by atoms with van der Waals surface area (Å²) in [6, 6.07) is 6.85. The van der Waals surface area contributed by atoms with Crippen LogP contribution in [0.2, 0.25) is 0 Å². The lowest BCUT2D eigenvalue weighted by Gasteiger charge is -2.11. The van der Waals surface area contributed by atoms with Crippen LogP contribution in [0.1, 0.15) is 21.4 Å². The van der Waals surface area contributed by atoms with E-state index in [4.69, 9.17) is 11.6 Å². The molecular formula is C12H8Br2ClFS. The van der Waals surface area contributed by atoms with E-state index >= 15 is 0 Å². The maximum Gasteiger partial charge on any atom is 0.129 e. The van der Waals surface area contributed by atoms with Crippen molar-refractivity contribution in [1.82, 2.24) is 0 Å². The van der Waals surface area contributed by atoms with Crippen molar-refractivity contribution in [2.75, 3.05) is 0 Å². The first-order chi connectivity index (χ1) is 8.00. The first-order valence-electron chi connectivity index (χ1n) is 4.84. The van der Waals surface area contributed by atoms with Gasteiger partial charge in [-0.2, -0.15) is 0 Å². The molecule has 0 saturated carbocycles. The lowest BCUT2D eigenvalue weighted by molar-refractivity contribution is 0.611. The second kappa shape index (κ2) is 5.39. The van der Waals surface area contributed by atoms with Gasteiger partial charge < -0.3 is 0 Å². The molecule has 0 aliphatic carbocycles. The summed E-state index contributed by atoms with van der Waals surface area (Å²) >= 11 is 14.7. The van der Waals surface area contributed by atoms with E-state index in [0.29, 0.717) is 10.0 Å². The molecule has 90 valence electrons. The number of thiophene rings is 1. The van der Waals surface area contributed by atoms with Crippen molar-refractivity contribution in [1.29, 1.82) is 0 Å². The summed E-state index contributed by atoms with van der Waals surface area (Å²) in [5.74, 6) is -0.290. The summed E-state index contributed by atoms with van der Waals surface area (Å²) in [6.45, 7) is 1.99. The lowest BCUT2D eigenvalue weighted by Crippen LogP contribution is -1.96. The van der Waals surface area contributed by atoms with Gasteiger partial charge in [-0.1, -0.05) is 22.0 Å². The molecule has 0 fully saturated rings. The molecule has 0 aliphatic heterocycles. The highest BCUT2D eigenvalue weighted by Gasteiger charge is 2.20. The van der Waals surface area contributed by atoms with Crippen LogP contribution in [-0.4, -0.2) is 0 Å². The fourth-order valence-electron chi connectivity index (χ4n) is 1.50. The topological polar surface area (TPSA) is 0 Å². The van der Waals surface area contributed by atoms with E-state index in [-0.39, 0.29) is 5.82 Å². The number of alkyl halides is 1. The Kier molecular flexibility index (Phi) is 4.29. The molecule has 0 amide bonds. The van der Waals surface area contributed by atoms with Crippen molar-refractivity contribution in [2.24, 2.45) is 0 Å². The highest BCUT2D eigenvalue weighted by atomic mass is 79.9. The van der Waals surface area contributed by atoms with Crippen LogP contribution < -0.4 is 0 Å². The minimum atomic E-state index is -0.472. The Hall–Kier alpha value is 0.1000. The van der Waals surface area contributed by atoms with Gasteiger partial charge in [-0.15, -0.1) is 22.9 Å². The maximum atomic E-state index is 13.8. The van der Waals surface area contributed by atoms with Gasteiger partial charge in [0, 0.05) is 14.9 Å². The number of rotatable bonds is 2. The molecule has 17 heavy (non-hydrogen) atoms. The van der Waals surface area contributed by atoms with Gasteiger partial charge in [-0.3, -0.25) is 0 Å². The Labute approximate surface area is 125 Å². The number of aryl methyl sites for hydroxylation is 1. The Morgan fingerprint density at radius 2 is 2.06 bits per heavy atom. The summed E-state index contributed by atoms with van der Waals surface area (Å²) < 4.78 is 15.5. The largest absolute Gasteiger partial charge is 0.207 e.